The van der Waals surface area contributed by atoms with E-state index in [1.165, 1.54) is 11.1 Å². The molecule has 2 heterocycles. The van der Waals surface area contributed by atoms with Crippen LogP contribution in [0.1, 0.15) is 23.0 Å². The van der Waals surface area contributed by atoms with E-state index in [1.807, 2.05) is 47.3 Å². The monoisotopic (exact) mass is 350 g/mol. The van der Waals surface area contributed by atoms with Crippen LogP contribution in [0.4, 0.5) is 5.69 Å². The molecule has 1 unspecified atom stereocenters. The van der Waals surface area contributed by atoms with Gasteiger partial charge in [0.15, 0.2) is 6.23 Å². The Kier molecular flexibility index (Phi) is 4.58. The number of aromatic nitrogens is 3. The van der Waals surface area contributed by atoms with E-state index in [4.69, 9.17) is 9.47 Å². The van der Waals surface area contributed by atoms with E-state index in [0.717, 1.165) is 23.7 Å². The Bertz CT molecular complexity index is 876. The maximum Gasteiger partial charge on any atom is 0.177 e. The highest BCUT2D eigenvalue weighted by molar-refractivity contribution is 5.50. The van der Waals surface area contributed by atoms with Gasteiger partial charge in [0, 0.05) is 12.2 Å². The number of hydrogen-bond donors (Lipinski definition) is 0. The summed E-state index contributed by atoms with van der Waals surface area (Å²) in [7, 11) is 1.67. The summed E-state index contributed by atoms with van der Waals surface area (Å²) in [6.45, 7) is 4.30. The second-order valence-corrected chi connectivity index (χ2v) is 6.38. The van der Waals surface area contributed by atoms with Crippen LogP contribution in [0.2, 0.25) is 0 Å². The standard InChI is InChI=1S/C20H22N4O2/c1-15-5-3-4-6-16(15)13-23-14-19(21-22-23)20-24(11-12-26-20)17-7-9-18(25-2)10-8-17/h3-10,14,20H,11-13H2,1-2H3. The first-order chi connectivity index (χ1) is 12.7. The summed E-state index contributed by atoms with van der Waals surface area (Å²) >= 11 is 0. The summed E-state index contributed by atoms with van der Waals surface area (Å²) in [4.78, 5) is 2.20. The van der Waals surface area contributed by atoms with Crippen molar-refractivity contribution in [3.63, 3.8) is 0 Å². The number of benzene rings is 2. The molecular formula is C20H22N4O2. The molecule has 0 spiro atoms. The Morgan fingerprint density at radius 1 is 1.15 bits per heavy atom. The van der Waals surface area contributed by atoms with Gasteiger partial charge in [-0.2, -0.15) is 0 Å². The number of anilines is 1. The van der Waals surface area contributed by atoms with Gasteiger partial charge in [-0.3, -0.25) is 0 Å². The number of hydrogen-bond acceptors (Lipinski definition) is 5. The van der Waals surface area contributed by atoms with E-state index in [2.05, 4.69) is 34.3 Å². The summed E-state index contributed by atoms with van der Waals surface area (Å²) in [6.07, 6.45) is 1.76. The zero-order chi connectivity index (χ0) is 17.9. The normalized spacial score (nSPS) is 16.8. The van der Waals surface area contributed by atoms with Gasteiger partial charge in [-0.1, -0.05) is 29.5 Å². The van der Waals surface area contributed by atoms with Crippen molar-refractivity contribution in [1.82, 2.24) is 15.0 Å². The minimum absolute atomic E-state index is 0.214. The zero-order valence-corrected chi connectivity index (χ0v) is 15.0. The van der Waals surface area contributed by atoms with Crippen LogP contribution in [0.3, 0.4) is 0 Å². The fourth-order valence-electron chi connectivity index (χ4n) is 3.22. The SMILES string of the molecule is COc1ccc(N2CCOC2c2cn(Cc3ccccc3C)nn2)cc1. The Labute approximate surface area is 153 Å². The van der Waals surface area contributed by atoms with Crippen molar-refractivity contribution >= 4 is 5.69 Å². The van der Waals surface area contributed by atoms with Crippen molar-refractivity contribution in [2.24, 2.45) is 0 Å². The van der Waals surface area contributed by atoms with Crippen molar-refractivity contribution in [2.45, 2.75) is 19.7 Å². The van der Waals surface area contributed by atoms with Gasteiger partial charge in [-0.05, 0) is 42.3 Å². The lowest BCUT2D eigenvalue weighted by Gasteiger charge is -2.23. The van der Waals surface area contributed by atoms with Gasteiger partial charge in [0.2, 0.25) is 0 Å². The molecule has 0 amide bonds. The Morgan fingerprint density at radius 3 is 2.73 bits per heavy atom. The van der Waals surface area contributed by atoms with Gasteiger partial charge in [0.05, 0.1) is 26.5 Å². The molecule has 3 aromatic rings. The number of rotatable bonds is 5. The van der Waals surface area contributed by atoms with E-state index in [-0.39, 0.29) is 6.23 Å². The second-order valence-electron chi connectivity index (χ2n) is 6.38. The molecule has 26 heavy (non-hydrogen) atoms. The van der Waals surface area contributed by atoms with Crippen LogP contribution >= 0.6 is 0 Å². The van der Waals surface area contributed by atoms with Crippen LogP contribution in [0.5, 0.6) is 5.75 Å². The minimum atomic E-state index is -0.214. The summed E-state index contributed by atoms with van der Waals surface area (Å²) < 4.78 is 13.0. The van der Waals surface area contributed by atoms with Gasteiger partial charge < -0.3 is 14.4 Å². The molecule has 0 N–H and O–H groups in total. The highest BCUT2D eigenvalue weighted by Gasteiger charge is 2.29. The molecule has 1 aromatic heterocycles. The van der Waals surface area contributed by atoms with Gasteiger partial charge in [0.1, 0.15) is 11.4 Å². The van der Waals surface area contributed by atoms with Crippen LogP contribution in [-0.4, -0.2) is 35.3 Å². The lowest BCUT2D eigenvalue weighted by molar-refractivity contribution is 0.110. The second kappa shape index (κ2) is 7.17. The summed E-state index contributed by atoms with van der Waals surface area (Å²) in [5.74, 6) is 0.842. The van der Waals surface area contributed by atoms with Crippen LogP contribution < -0.4 is 9.64 Å². The summed E-state index contributed by atoms with van der Waals surface area (Å²) in [5.41, 5.74) is 4.40. The van der Waals surface area contributed by atoms with Gasteiger partial charge in [-0.15, -0.1) is 5.10 Å². The first-order valence-electron chi connectivity index (χ1n) is 8.71. The smallest absolute Gasteiger partial charge is 0.177 e. The fraction of sp³-hybridized carbons (Fsp3) is 0.300. The molecule has 0 saturated carbocycles. The molecule has 0 bridgehead atoms. The molecule has 134 valence electrons. The molecule has 6 heteroatoms. The third-order valence-corrected chi connectivity index (χ3v) is 4.70. The predicted molar refractivity (Wildman–Crippen MR) is 99.3 cm³/mol. The van der Waals surface area contributed by atoms with E-state index in [0.29, 0.717) is 13.2 Å². The third-order valence-electron chi connectivity index (χ3n) is 4.70. The number of ether oxygens (including phenoxy) is 2. The molecule has 2 aromatic carbocycles. The van der Waals surface area contributed by atoms with Crippen molar-refractivity contribution < 1.29 is 9.47 Å². The third kappa shape index (κ3) is 3.28. The fourth-order valence-corrected chi connectivity index (χ4v) is 3.22. The number of methoxy groups -OCH3 is 1. The van der Waals surface area contributed by atoms with Crippen molar-refractivity contribution in [3.05, 3.63) is 71.5 Å². The van der Waals surface area contributed by atoms with Gasteiger partial charge in [-0.25, -0.2) is 4.68 Å². The highest BCUT2D eigenvalue weighted by Crippen LogP contribution is 2.32. The van der Waals surface area contributed by atoms with Crippen molar-refractivity contribution in [2.75, 3.05) is 25.2 Å². The maximum absolute atomic E-state index is 5.93. The number of aryl methyl sites for hydroxylation is 1. The number of nitrogens with zero attached hydrogens (tertiary/aromatic N) is 4. The largest absolute Gasteiger partial charge is 0.497 e. The summed E-state index contributed by atoms with van der Waals surface area (Å²) in [5, 5.41) is 8.65. The highest BCUT2D eigenvalue weighted by atomic mass is 16.5. The average molecular weight is 350 g/mol. The zero-order valence-electron chi connectivity index (χ0n) is 15.0. The predicted octanol–water partition coefficient (Wildman–Crippen LogP) is 3.18. The quantitative estimate of drug-likeness (QED) is 0.707. The molecular weight excluding hydrogens is 328 g/mol. The van der Waals surface area contributed by atoms with Crippen LogP contribution in [-0.2, 0) is 11.3 Å². The van der Waals surface area contributed by atoms with E-state index < -0.39 is 0 Å². The molecule has 6 nitrogen and oxygen atoms in total. The minimum Gasteiger partial charge on any atom is -0.497 e. The van der Waals surface area contributed by atoms with Crippen LogP contribution in [0.25, 0.3) is 0 Å². The Balaban J connectivity index is 1.53. The molecule has 0 aliphatic carbocycles. The topological polar surface area (TPSA) is 52.4 Å². The molecule has 1 aliphatic heterocycles. The first kappa shape index (κ1) is 16.6. The van der Waals surface area contributed by atoms with Crippen molar-refractivity contribution in [3.8, 4) is 5.75 Å². The molecule has 1 aliphatic rings. The van der Waals surface area contributed by atoms with Gasteiger partial charge >= 0.3 is 0 Å². The van der Waals surface area contributed by atoms with Crippen LogP contribution in [0, 0.1) is 6.92 Å². The Hall–Kier alpha value is -2.86. The Morgan fingerprint density at radius 2 is 1.96 bits per heavy atom. The van der Waals surface area contributed by atoms with E-state index in [1.54, 1.807) is 7.11 Å². The van der Waals surface area contributed by atoms with E-state index >= 15 is 0 Å². The van der Waals surface area contributed by atoms with Crippen LogP contribution in [0.15, 0.2) is 54.7 Å². The molecule has 0 radical (unpaired) electrons. The molecule has 1 fully saturated rings. The first-order valence-corrected chi connectivity index (χ1v) is 8.71. The van der Waals surface area contributed by atoms with Gasteiger partial charge in [0.25, 0.3) is 0 Å². The molecule has 1 atom stereocenters. The van der Waals surface area contributed by atoms with Crippen molar-refractivity contribution in [1.29, 1.82) is 0 Å². The lowest BCUT2D eigenvalue weighted by atomic mass is 10.1. The summed E-state index contributed by atoms with van der Waals surface area (Å²) in [6, 6.07) is 16.3. The van der Waals surface area contributed by atoms with E-state index in [9.17, 15) is 0 Å². The lowest BCUT2D eigenvalue weighted by Crippen LogP contribution is -2.23. The molecule has 1 saturated heterocycles. The maximum atomic E-state index is 5.93. The average Bonchev–Trinajstić information content (AvgIpc) is 3.33. The molecule has 4 rings (SSSR count).